The van der Waals surface area contributed by atoms with E-state index in [9.17, 15) is 4.79 Å². The second-order valence-corrected chi connectivity index (χ2v) is 4.27. The van der Waals surface area contributed by atoms with Gasteiger partial charge in [0.05, 0.1) is 12.7 Å². The highest BCUT2D eigenvalue weighted by Gasteiger charge is 2.11. The number of likely N-dealkylation sites (tertiary alicyclic amines) is 1. The fourth-order valence-corrected chi connectivity index (χ4v) is 2.02. The molecule has 1 saturated heterocycles. The largest absolute Gasteiger partial charge is 0.476 e. The van der Waals surface area contributed by atoms with Gasteiger partial charge in [-0.15, -0.1) is 0 Å². The molecule has 1 fully saturated rings. The Hall–Kier alpha value is -1.62. The van der Waals surface area contributed by atoms with Crippen molar-refractivity contribution in [3.8, 4) is 5.88 Å². The standard InChI is InChI=1S/C13H18N2O3/c1-17-13(16)11-4-5-14-12(10-11)18-9-8-15-6-2-3-7-15/h4-5,10H,2-3,6-9H2,1H3. The quantitative estimate of drug-likeness (QED) is 0.738. The van der Waals surface area contributed by atoms with Crippen molar-refractivity contribution in [1.29, 1.82) is 0 Å². The molecule has 0 atom stereocenters. The summed E-state index contributed by atoms with van der Waals surface area (Å²) in [4.78, 5) is 17.8. The highest BCUT2D eigenvalue weighted by molar-refractivity contribution is 5.89. The summed E-state index contributed by atoms with van der Waals surface area (Å²) in [7, 11) is 1.36. The summed E-state index contributed by atoms with van der Waals surface area (Å²) in [5, 5.41) is 0. The minimum atomic E-state index is -0.373. The Morgan fingerprint density at radius 1 is 1.44 bits per heavy atom. The van der Waals surface area contributed by atoms with Crippen LogP contribution in [-0.2, 0) is 4.74 Å². The van der Waals surface area contributed by atoms with Gasteiger partial charge in [0.25, 0.3) is 0 Å². The highest BCUT2D eigenvalue weighted by Crippen LogP contribution is 2.11. The normalized spacial score (nSPS) is 15.6. The number of methoxy groups -OCH3 is 1. The minimum absolute atomic E-state index is 0.373. The van der Waals surface area contributed by atoms with Crippen molar-refractivity contribution in [3.63, 3.8) is 0 Å². The first-order chi connectivity index (χ1) is 8.79. The molecule has 98 valence electrons. The van der Waals surface area contributed by atoms with Gasteiger partial charge in [-0.3, -0.25) is 4.90 Å². The van der Waals surface area contributed by atoms with Crippen molar-refractivity contribution < 1.29 is 14.3 Å². The molecule has 0 aliphatic carbocycles. The fraction of sp³-hybridized carbons (Fsp3) is 0.538. The predicted octanol–water partition coefficient (Wildman–Crippen LogP) is 1.34. The van der Waals surface area contributed by atoms with Crippen molar-refractivity contribution in [3.05, 3.63) is 23.9 Å². The molecule has 1 aliphatic heterocycles. The number of nitrogens with zero attached hydrogens (tertiary/aromatic N) is 2. The van der Waals surface area contributed by atoms with Gasteiger partial charge in [-0.25, -0.2) is 9.78 Å². The van der Waals surface area contributed by atoms with E-state index in [0.717, 1.165) is 19.6 Å². The molecular weight excluding hydrogens is 232 g/mol. The van der Waals surface area contributed by atoms with Crippen molar-refractivity contribution in [2.75, 3.05) is 33.4 Å². The van der Waals surface area contributed by atoms with Gasteiger partial charge >= 0.3 is 5.97 Å². The minimum Gasteiger partial charge on any atom is -0.476 e. The topological polar surface area (TPSA) is 51.7 Å². The molecule has 0 amide bonds. The average Bonchev–Trinajstić information content (AvgIpc) is 2.91. The average molecular weight is 250 g/mol. The lowest BCUT2D eigenvalue weighted by atomic mass is 10.3. The SMILES string of the molecule is COC(=O)c1ccnc(OCCN2CCCC2)c1. The summed E-state index contributed by atoms with van der Waals surface area (Å²) in [5.74, 6) is 0.0962. The Morgan fingerprint density at radius 3 is 2.94 bits per heavy atom. The molecule has 5 heteroatoms. The van der Waals surface area contributed by atoms with Gasteiger partial charge in [0.2, 0.25) is 5.88 Å². The maximum Gasteiger partial charge on any atom is 0.338 e. The zero-order chi connectivity index (χ0) is 12.8. The third kappa shape index (κ3) is 3.43. The monoisotopic (exact) mass is 250 g/mol. The van der Waals surface area contributed by atoms with Gasteiger partial charge in [-0.2, -0.15) is 0 Å². The molecule has 1 aromatic heterocycles. The summed E-state index contributed by atoms with van der Waals surface area (Å²) in [6.07, 6.45) is 4.10. The smallest absolute Gasteiger partial charge is 0.338 e. The first-order valence-electron chi connectivity index (χ1n) is 6.19. The molecule has 0 radical (unpaired) electrons. The van der Waals surface area contributed by atoms with Crippen LogP contribution in [0.25, 0.3) is 0 Å². The number of ether oxygens (including phenoxy) is 2. The van der Waals surface area contributed by atoms with E-state index in [1.165, 1.54) is 20.0 Å². The molecule has 0 saturated carbocycles. The first kappa shape index (κ1) is 12.8. The van der Waals surface area contributed by atoms with E-state index in [2.05, 4.69) is 14.6 Å². The number of pyridine rings is 1. The van der Waals surface area contributed by atoms with Crippen LogP contribution in [-0.4, -0.2) is 49.2 Å². The van der Waals surface area contributed by atoms with Crippen LogP contribution >= 0.6 is 0 Å². The maximum absolute atomic E-state index is 11.3. The number of carbonyl (C=O) groups excluding carboxylic acids is 1. The molecule has 2 rings (SSSR count). The predicted molar refractivity (Wildman–Crippen MR) is 66.7 cm³/mol. The van der Waals surface area contributed by atoms with Crippen LogP contribution < -0.4 is 4.74 Å². The number of carbonyl (C=O) groups is 1. The Bertz CT molecular complexity index is 403. The van der Waals surface area contributed by atoms with E-state index in [1.807, 2.05) is 0 Å². The first-order valence-corrected chi connectivity index (χ1v) is 6.19. The summed E-state index contributed by atoms with van der Waals surface area (Å²) < 4.78 is 10.2. The second-order valence-electron chi connectivity index (χ2n) is 4.27. The van der Waals surface area contributed by atoms with E-state index >= 15 is 0 Å². The van der Waals surface area contributed by atoms with Gasteiger partial charge in [0.1, 0.15) is 6.61 Å². The maximum atomic E-state index is 11.3. The van der Waals surface area contributed by atoms with Crippen LogP contribution in [0, 0.1) is 0 Å². The zero-order valence-electron chi connectivity index (χ0n) is 10.6. The lowest BCUT2D eigenvalue weighted by molar-refractivity contribution is 0.0600. The molecular formula is C13H18N2O3. The third-order valence-electron chi connectivity index (χ3n) is 3.01. The molecule has 0 spiro atoms. The summed E-state index contributed by atoms with van der Waals surface area (Å²) in [6, 6.07) is 3.22. The van der Waals surface area contributed by atoms with Crippen LogP contribution in [0.1, 0.15) is 23.2 Å². The van der Waals surface area contributed by atoms with Crippen molar-refractivity contribution >= 4 is 5.97 Å². The van der Waals surface area contributed by atoms with Crippen molar-refractivity contribution in [1.82, 2.24) is 9.88 Å². The molecule has 18 heavy (non-hydrogen) atoms. The molecule has 0 bridgehead atoms. The number of aromatic nitrogens is 1. The fourth-order valence-electron chi connectivity index (χ4n) is 2.02. The number of rotatable bonds is 5. The lowest BCUT2D eigenvalue weighted by Crippen LogP contribution is -2.25. The van der Waals surface area contributed by atoms with Crippen LogP contribution in [0.4, 0.5) is 0 Å². The molecule has 1 aliphatic rings. The molecule has 1 aromatic rings. The van der Waals surface area contributed by atoms with Gasteiger partial charge in [-0.1, -0.05) is 0 Å². The van der Waals surface area contributed by atoms with E-state index < -0.39 is 0 Å². The summed E-state index contributed by atoms with van der Waals surface area (Å²) in [5.41, 5.74) is 0.462. The number of hydrogen-bond acceptors (Lipinski definition) is 5. The van der Waals surface area contributed by atoms with Crippen molar-refractivity contribution in [2.24, 2.45) is 0 Å². The third-order valence-corrected chi connectivity index (χ3v) is 3.01. The molecule has 0 aromatic carbocycles. The number of hydrogen-bond donors (Lipinski definition) is 0. The van der Waals surface area contributed by atoms with Crippen LogP contribution in [0.5, 0.6) is 5.88 Å². The number of esters is 1. The molecule has 2 heterocycles. The Kier molecular flexibility index (Phi) is 4.52. The van der Waals surface area contributed by atoms with Crippen LogP contribution in [0.15, 0.2) is 18.3 Å². The van der Waals surface area contributed by atoms with Gasteiger partial charge in [0.15, 0.2) is 0 Å². The van der Waals surface area contributed by atoms with Gasteiger partial charge in [0, 0.05) is 18.8 Å². The second kappa shape index (κ2) is 6.35. The zero-order valence-corrected chi connectivity index (χ0v) is 10.6. The summed E-state index contributed by atoms with van der Waals surface area (Å²) in [6.45, 7) is 3.81. The van der Waals surface area contributed by atoms with Crippen LogP contribution in [0.3, 0.4) is 0 Å². The van der Waals surface area contributed by atoms with Crippen molar-refractivity contribution in [2.45, 2.75) is 12.8 Å². The van der Waals surface area contributed by atoms with E-state index in [-0.39, 0.29) is 5.97 Å². The van der Waals surface area contributed by atoms with Crippen LogP contribution in [0.2, 0.25) is 0 Å². The Labute approximate surface area is 107 Å². The summed E-state index contributed by atoms with van der Waals surface area (Å²) >= 11 is 0. The van der Waals surface area contributed by atoms with Gasteiger partial charge < -0.3 is 9.47 Å². The Morgan fingerprint density at radius 2 is 2.22 bits per heavy atom. The lowest BCUT2D eigenvalue weighted by Gasteiger charge is -2.14. The molecule has 0 N–H and O–H groups in total. The van der Waals surface area contributed by atoms with Gasteiger partial charge in [-0.05, 0) is 32.0 Å². The molecule has 5 nitrogen and oxygen atoms in total. The van der Waals surface area contributed by atoms with E-state index in [1.54, 1.807) is 18.3 Å². The molecule has 0 unspecified atom stereocenters. The highest BCUT2D eigenvalue weighted by atomic mass is 16.5. The Balaban J connectivity index is 1.83. The van der Waals surface area contributed by atoms with E-state index in [4.69, 9.17) is 4.74 Å². The van der Waals surface area contributed by atoms with E-state index in [0.29, 0.717) is 18.1 Å².